The molecule has 0 fully saturated rings. The van der Waals surface area contributed by atoms with Crippen LogP contribution >= 0.6 is 39.0 Å². The molecule has 4 rings (SSSR count). The molecule has 0 radical (unpaired) electrons. The molecule has 0 saturated heterocycles. The number of carbonyl (C=O) groups excluding carboxylic acids is 1. The number of aromatic nitrogens is 1. The van der Waals surface area contributed by atoms with E-state index in [0.717, 1.165) is 31.4 Å². The smallest absolute Gasteiger partial charge is 0.249 e. The molecule has 4 nitrogen and oxygen atoms in total. The van der Waals surface area contributed by atoms with E-state index in [2.05, 4.69) is 26.3 Å². The number of thiazole rings is 1. The number of amides is 1. The SMILES string of the molecule is O=C(CSc1nc(-c2ccc(Br)cc2)cs1)NN(c1ccccc1)c1ccccc1. The molecule has 0 atom stereocenters. The van der Waals surface area contributed by atoms with Crippen molar-refractivity contribution < 1.29 is 4.79 Å². The normalized spacial score (nSPS) is 10.6. The molecular weight excluding hydrogens is 478 g/mol. The Kier molecular flexibility index (Phi) is 6.84. The fourth-order valence-corrected chi connectivity index (χ4v) is 4.69. The lowest BCUT2D eigenvalue weighted by Gasteiger charge is -2.25. The zero-order valence-corrected chi connectivity index (χ0v) is 19.1. The summed E-state index contributed by atoms with van der Waals surface area (Å²) in [5.74, 6) is 0.191. The molecule has 7 heteroatoms. The van der Waals surface area contributed by atoms with E-state index in [4.69, 9.17) is 0 Å². The Morgan fingerprint density at radius 2 is 1.53 bits per heavy atom. The number of carbonyl (C=O) groups is 1. The number of anilines is 2. The molecule has 3 aromatic carbocycles. The van der Waals surface area contributed by atoms with Gasteiger partial charge in [-0.15, -0.1) is 11.3 Å². The quantitative estimate of drug-likeness (QED) is 0.233. The summed E-state index contributed by atoms with van der Waals surface area (Å²) in [6.07, 6.45) is 0. The number of nitrogens with one attached hydrogen (secondary N) is 1. The third-order valence-corrected chi connectivity index (χ3v) is 6.76. The maximum absolute atomic E-state index is 12.7. The number of nitrogens with zero attached hydrogens (tertiary/aromatic N) is 2. The number of hydrogen-bond donors (Lipinski definition) is 1. The van der Waals surface area contributed by atoms with Gasteiger partial charge >= 0.3 is 0 Å². The van der Waals surface area contributed by atoms with Gasteiger partial charge in [-0.2, -0.15) is 0 Å². The number of benzene rings is 3. The molecule has 30 heavy (non-hydrogen) atoms. The van der Waals surface area contributed by atoms with Crippen LogP contribution in [-0.2, 0) is 4.79 Å². The Hall–Kier alpha value is -2.61. The van der Waals surface area contributed by atoms with Crippen LogP contribution in [0, 0.1) is 0 Å². The number of hydrazine groups is 1. The monoisotopic (exact) mass is 495 g/mol. The van der Waals surface area contributed by atoms with Gasteiger partial charge in [-0.05, 0) is 36.4 Å². The van der Waals surface area contributed by atoms with Crippen molar-refractivity contribution in [1.29, 1.82) is 0 Å². The van der Waals surface area contributed by atoms with E-state index in [1.54, 1.807) is 16.3 Å². The van der Waals surface area contributed by atoms with Crippen molar-refractivity contribution >= 4 is 56.3 Å². The molecule has 0 bridgehead atoms. The molecule has 4 aromatic rings. The van der Waals surface area contributed by atoms with Crippen molar-refractivity contribution in [2.75, 3.05) is 10.8 Å². The second-order valence-electron chi connectivity index (χ2n) is 6.34. The first kappa shape index (κ1) is 20.7. The molecule has 0 aliphatic rings. The van der Waals surface area contributed by atoms with E-state index in [0.29, 0.717) is 0 Å². The summed E-state index contributed by atoms with van der Waals surface area (Å²) in [6.45, 7) is 0. The molecule has 0 unspecified atom stereocenters. The second kappa shape index (κ2) is 9.93. The van der Waals surface area contributed by atoms with E-state index in [9.17, 15) is 4.79 Å². The van der Waals surface area contributed by atoms with Crippen molar-refractivity contribution in [3.05, 3.63) is 94.8 Å². The third-order valence-electron chi connectivity index (χ3n) is 4.22. The highest BCUT2D eigenvalue weighted by molar-refractivity contribution is 9.10. The lowest BCUT2D eigenvalue weighted by atomic mass is 10.2. The van der Waals surface area contributed by atoms with Gasteiger partial charge in [0.25, 0.3) is 0 Å². The van der Waals surface area contributed by atoms with Gasteiger partial charge in [0, 0.05) is 15.4 Å². The largest absolute Gasteiger partial charge is 0.272 e. The summed E-state index contributed by atoms with van der Waals surface area (Å²) in [6, 6.07) is 27.6. The topological polar surface area (TPSA) is 45.2 Å². The molecule has 0 spiro atoms. The summed E-state index contributed by atoms with van der Waals surface area (Å²) in [7, 11) is 0. The van der Waals surface area contributed by atoms with Gasteiger partial charge in [0.05, 0.1) is 22.8 Å². The van der Waals surface area contributed by atoms with Crippen LogP contribution in [0.5, 0.6) is 0 Å². The molecule has 1 aromatic heterocycles. The Morgan fingerprint density at radius 3 is 2.13 bits per heavy atom. The average molecular weight is 496 g/mol. The molecule has 1 heterocycles. The van der Waals surface area contributed by atoms with Crippen molar-refractivity contribution in [3.8, 4) is 11.3 Å². The Bertz CT molecular complexity index is 1060. The number of rotatable bonds is 7. The molecular formula is C23H18BrN3OS2. The van der Waals surface area contributed by atoms with Gasteiger partial charge < -0.3 is 0 Å². The Labute approximate surface area is 192 Å². The van der Waals surface area contributed by atoms with Gasteiger partial charge in [-0.1, -0.05) is 76.2 Å². The fraction of sp³-hybridized carbons (Fsp3) is 0.0435. The predicted molar refractivity (Wildman–Crippen MR) is 129 cm³/mol. The maximum Gasteiger partial charge on any atom is 0.249 e. The first-order valence-electron chi connectivity index (χ1n) is 9.23. The van der Waals surface area contributed by atoms with E-state index < -0.39 is 0 Å². The molecule has 1 amide bonds. The molecule has 0 saturated carbocycles. The van der Waals surface area contributed by atoms with Crippen LogP contribution in [0.15, 0.2) is 99.1 Å². The third kappa shape index (κ3) is 5.30. The van der Waals surface area contributed by atoms with Crippen LogP contribution in [0.25, 0.3) is 11.3 Å². The zero-order valence-electron chi connectivity index (χ0n) is 15.9. The molecule has 0 aliphatic heterocycles. The number of thioether (sulfide) groups is 1. The first-order chi connectivity index (χ1) is 14.7. The van der Waals surface area contributed by atoms with Gasteiger partial charge in [0.2, 0.25) is 5.91 Å². The molecule has 0 aliphatic carbocycles. The summed E-state index contributed by atoms with van der Waals surface area (Å²) in [5.41, 5.74) is 6.79. The minimum Gasteiger partial charge on any atom is -0.272 e. The van der Waals surface area contributed by atoms with Crippen LogP contribution in [0.1, 0.15) is 0 Å². The number of para-hydroxylation sites is 2. The standard InChI is InChI=1S/C23H18BrN3OS2/c24-18-13-11-17(12-14-18)21-15-29-23(25-21)30-16-22(28)26-27(19-7-3-1-4-8-19)20-9-5-2-6-10-20/h1-15H,16H2,(H,26,28). The number of halogens is 1. The van der Waals surface area contributed by atoms with Crippen LogP contribution < -0.4 is 10.4 Å². The van der Waals surface area contributed by atoms with E-state index >= 15 is 0 Å². The summed E-state index contributed by atoms with van der Waals surface area (Å²) < 4.78 is 1.91. The van der Waals surface area contributed by atoms with Gasteiger partial charge in [0.1, 0.15) is 0 Å². The predicted octanol–water partition coefficient (Wildman–Crippen LogP) is 6.53. The average Bonchev–Trinajstić information content (AvgIpc) is 3.27. The highest BCUT2D eigenvalue weighted by Gasteiger charge is 2.14. The molecule has 1 N–H and O–H groups in total. The van der Waals surface area contributed by atoms with E-state index in [1.165, 1.54) is 11.8 Å². The highest BCUT2D eigenvalue weighted by Crippen LogP contribution is 2.29. The fourth-order valence-electron chi connectivity index (χ4n) is 2.79. The van der Waals surface area contributed by atoms with E-state index in [1.807, 2.05) is 90.3 Å². The zero-order chi connectivity index (χ0) is 20.8. The second-order valence-corrected chi connectivity index (χ2v) is 9.33. The van der Waals surface area contributed by atoms with Crippen LogP contribution in [0.4, 0.5) is 11.4 Å². The van der Waals surface area contributed by atoms with E-state index in [-0.39, 0.29) is 11.7 Å². The van der Waals surface area contributed by atoms with Crippen LogP contribution in [-0.4, -0.2) is 16.6 Å². The molecule has 150 valence electrons. The Morgan fingerprint density at radius 1 is 0.933 bits per heavy atom. The van der Waals surface area contributed by atoms with Crippen molar-refractivity contribution in [1.82, 2.24) is 10.4 Å². The minimum absolute atomic E-state index is 0.0897. The minimum atomic E-state index is -0.0897. The Balaban J connectivity index is 1.41. The van der Waals surface area contributed by atoms with Crippen LogP contribution in [0.2, 0.25) is 0 Å². The lowest BCUT2D eigenvalue weighted by molar-refractivity contribution is -0.118. The summed E-state index contributed by atoms with van der Waals surface area (Å²) in [4.78, 5) is 17.3. The number of hydrogen-bond acceptors (Lipinski definition) is 5. The van der Waals surface area contributed by atoms with Gasteiger partial charge in [-0.25, -0.2) is 4.98 Å². The summed E-state index contributed by atoms with van der Waals surface area (Å²) in [5, 5.41) is 3.82. The van der Waals surface area contributed by atoms with Crippen molar-refractivity contribution in [2.24, 2.45) is 0 Å². The van der Waals surface area contributed by atoms with Crippen LogP contribution in [0.3, 0.4) is 0 Å². The van der Waals surface area contributed by atoms with Crippen molar-refractivity contribution in [2.45, 2.75) is 4.34 Å². The maximum atomic E-state index is 12.7. The first-order valence-corrected chi connectivity index (χ1v) is 11.9. The highest BCUT2D eigenvalue weighted by atomic mass is 79.9. The lowest BCUT2D eigenvalue weighted by Crippen LogP contribution is -2.39. The van der Waals surface area contributed by atoms with Crippen molar-refractivity contribution in [3.63, 3.8) is 0 Å². The van der Waals surface area contributed by atoms with Gasteiger partial charge in [-0.3, -0.25) is 15.2 Å². The summed E-state index contributed by atoms with van der Waals surface area (Å²) >= 11 is 6.43. The van der Waals surface area contributed by atoms with Gasteiger partial charge in [0.15, 0.2) is 4.34 Å².